The summed E-state index contributed by atoms with van der Waals surface area (Å²) < 4.78 is 10.1. The average Bonchev–Trinajstić information content (AvgIpc) is 3.21. The number of hydrogen-bond acceptors (Lipinski definition) is 7. The zero-order valence-electron chi connectivity index (χ0n) is 18.4. The van der Waals surface area contributed by atoms with E-state index in [1.165, 1.54) is 0 Å². The van der Waals surface area contributed by atoms with Crippen LogP contribution in [0.2, 0.25) is 0 Å². The fourth-order valence-corrected chi connectivity index (χ4v) is 3.72. The summed E-state index contributed by atoms with van der Waals surface area (Å²) in [4.78, 5) is 31.3. The van der Waals surface area contributed by atoms with E-state index in [0.717, 1.165) is 18.4 Å². The Morgan fingerprint density at radius 3 is 2.84 bits per heavy atom. The number of ether oxygens (including phenoxy) is 1. The summed E-state index contributed by atoms with van der Waals surface area (Å²) in [6.07, 6.45) is 4.42. The predicted molar refractivity (Wildman–Crippen MR) is 114 cm³/mol. The van der Waals surface area contributed by atoms with Crippen LogP contribution >= 0.6 is 0 Å². The highest BCUT2D eigenvalue weighted by molar-refractivity contribution is 5.85. The number of pyridine rings is 1. The number of aromatic nitrogens is 2. The van der Waals surface area contributed by atoms with Gasteiger partial charge in [0, 0.05) is 56.8 Å². The van der Waals surface area contributed by atoms with Crippen molar-refractivity contribution < 1.29 is 18.8 Å². The van der Waals surface area contributed by atoms with Gasteiger partial charge in [0.1, 0.15) is 11.5 Å². The van der Waals surface area contributed by atoms with Crippen LogP contribution in [0.4, 0.5) is 0 Å². The summed E-state index contributed by atoms with van der Waals surface area (Å²) in [5, 5.41) is 10.3. The molecule has 1 saturated heterocycles. The first-order valence-electron chi connectivity index (χ1n) is 10.6. The summed E-state index contributed by atoms with van der Waals surface area (Å²) in [5.41, 5.74) is 1.73. The van der Waals surface area contributed by atoms with Crippen LogP contribution in [-0.2, 0) is 22.7 Å². The van der Waals surface area contributed by atoms with Crippen LogP contribution < -0.4 is 15.4 Å². The van der Waals surface area contributed by atoms with E-state index in [4.69, 9.17) is 9.26 Å². The normalized spacial score (nSPS) is 20.0. The molecule has 31 heavy (non-hydrogen) atoms. The van der Waals surface area contributed by atoms with Crippen molar-refractivity contribution in [2.45, 2.75) is 51.7 Å². The molecule has 0 bridgehead atoms. The fraction of sp³-hybridized carbons (Fsp3) is 0.545. The summed E-state index contributed by atoms with van der Waals surface area (Å²) in [7, 11) is 3.39. The lowest BCUT2D eigenvalue weighted by Crippen LogP contribution is -2.41. The summed E-state index contributed by atoms with van der Waals surface area (Å²) in [5.74, 6) is 0.815. The Morgan fingerprint density at radius 2 is 2.16 bits per heavy atom. The van der Waals surface area contributed by atoms with E-state index in [2.05, 4.69) is 20.8 Å². The Kier molecular flexibility index (Phi) is 8.00. The molecule has 0 spiro atoms. The van der Waals surface area contributed by atoms with E-state index in [1.807, 2.05) is 12.1 Å². The first-order valence-corrected chi connectivity index (χ1v) is 10.6. The van der Waals surface area contributed by atoms with Gasteiger partial charge >= 0.3 is 0 Å². The largest absolute Gasteiger partial charge is 0.481 e. The zero-order chi connectivity index (χ0) is 22.2. The summed E-state index contributed by atoms with van der Waals surface area (Å²) in [6, 6.07) is 5.74. The van der Waals surface area contributed by atoms with Crippen LogP contribution in [-0.4, -0.2) is 53.6 Å². The van der Waals surface area contributed by atoms with Crippen molar-refractivity contribution in [1.29, 1.82) is 0 Å². The van der Waals surface area contributed by atoms with Gasteiger partial charge in [0.15, 0.2) is 0 Å². The second-order valence-electron chi connectivity index (χ2n) is 8.04. The molecule has 0 saturated carbocycles. The Labute approximate surface area is 182 Å². The van der Waals surface area contributed by atoms with Crippen molar-refractivity contribution in [1.82, 2.24) is 25.7 Å². The number of methoxy groups -OCH3 is 1. The highest BCUT2D eigenvalue weighted by Gasteiger charge is 2.27. The molecule has 1 aliphatic rings. The molecular weight excluding hydrogens is 398 g/mol. The molecule has 1 fully saturated rings. The first-order chi connectivity index (χ1) is 14.9. The van der Waals surface area contributed by atoms with Crippen molar-refractivity contribution in [3.05, 3.63) is 41.4 Å². The van der Waals surface area contributed by atoms with Crippen molar-refractivity contribution in [2.75, 3.05) is 20.7 Å². The van der Waals surface area contributed by atoms with Gasteiger partial charge in [0.05, 0.1) is 13.7 Å². The lowest BCUT2D eigenvalue weighted by Gasteiger charge is -2.24. The van der Waals surface area contributed by atoms with E-state index in [9.17, 15) is 9.59 Å². The second kappa shape index (κ2) is 10.9. The summed E-state index contributed by atoms with van der Waals surface area (Å²) in [6.45, 7) is 3.37. The van der Waals surface area contributed by atoms with Crippen LogP contribution in [0, 0.1) is 12.8 Å². The SMILES string of the molecule is COc1ccc(CN[C@@H]2CCC[C@@H](C(=O)NCc3cc(C)on3)CC(=O)N(C)C2)cn1. The molecule has 9 heteroatoms. The van der Waals surface area contributed by atoms with Gasteiger partial charge in [-0.25, -0.2) is 4.98 Å². The maximum Gasteiger partial charge on any atom is 0.223 e. The molecule has 2 N–H and O–H groups in total. The number of aryl methyl sites for hydroxylation is 1. The van der Waals surface area contributed by atoms with Gasteiger partial charge in [0.2, 0.25) is 17.7 Å². The highest BCUT2D eigenvalue weighted by atomic mass is 16.5. The van der Waals surface area contributed by atoms with Crippen LogP contribution in [0.5, 0.6) is 5.88 Å². The molecule has 2 aromatic heterocycles. The molecule has 168 valence electrons. The summed E-state index contributed by atoms with van der Waals surface area (Å²) >= 11 is 0. The molecule has 3 heterocycles. The Balaban J connectivity index is 1.53. The lowest BCUT2D eigenvalue weighted by molar-refractivity contribution is -0.135. The van der Waals surface area contributed by atoms with Crippen molar-refractivity contribution >= 4 is 11.8 Å². The third kappa shape index (κ3) is 6.78. The molecule has 0 radical (unpaired) electrons. The van der Waals surface area contributed by atoms with Crippen LogP contribution in [0.15, 0.2) is 28.9 Å². The fourth-order valence-electron chi connectivity index (χ4n) is 3.72. The topological polar surface area (TPSA) is 110 Å². The lowest BCUT2D eigenvalue weighted by atomic mass is 9.96. The van der Waals surface area contributed by atoms with Crippen LogP contribution in [0.25, 0.3) is 0 Å². The van der Waals surface area contributed by atoms with Gasteiger partial charge in [-0.15, -0.1) is 0 Å². The van der Waals surface area contributed by atoms with Gasteiger partial charge in [-0.2, -0.15) is 0 Å². The van der Waals surface area contributed by atoms with Gasteiger partial charge in [-0.1, -0.05) is 17.6 Å². The quantitative estimate of drug-likeness (QED) is 0.691. The number of nitrogens with one attached hydrogen (secondary N) is 2. The maximum atomic E-state index is 12.7. The number of carbonyl (C=O) groups is 2. The van der Waals surface area contributed by atoms with E-state index in [0.29, 0.717) is 43.4 Å². The van der Waals surface area contributed by atoms with Gasteiger partial charge in [-0.05, 0) is 25.3 Å². The molecular formula is C22H31N5O4. The van der Waals surface area contributed by atoms with Gasteiger partial charge in [0.25, 0.3) is 0 Å². The molecule has 3 rings (SSSR count). The van der Waals surface area contributed by atoms with E-state index in [-0.39, 0.29) is 30.2 Å². The molecule has 2 aromatic rings. The minimum atomic E-state index is -0.340. The highest BCUT2D eigenvalue weighted by Crippen LogP contribution is 2.19. The molecule has 0 unspecified atom stereocenters. The number of carbonyl (C=O) groups excluding carboxylic acids is 2. The number of hydrogen-bond donors (Lipinski definition) is 2. The van der Waals surface area contributed by atoms with Gasteiger partial charge in [-0.3, -0.25) is 9.59 Å². The molecule has 0 aliphatic carbocycles. The van der Waals surface area contributed by atoms with E-state index >= 15 is 0 Å². The number of nitrogens with zero attached hydrogens (tertiary/aromatic N) is 3. The van der Waals surface area contributed by atoms with E-state index in [1.54, 1.807) is 38.2 Å². The van der Waals surface area contributed by atoms with Crippen LogP contribution in [0.3, 0.4) is 0 Å². The molecule has 1 aliphatic heterocycles. The monoisotopic (exact) mass is 429 g/mol. The molecule has 0 aromatic carbocycles. The maximum absolute atomic E-state index is 12.7. The number of likely N-dealkylation sites (N-methyl/N-ethyl adjacent to an activating group) is 1. The number of rotatable bonds is 7. The van der Waals surface area contributed by atoms with Crippen LogP contribution in [0.1, 0.15) is 42.7 Å². The Hall–Kier alpha value is -2.94. The average molecular weight is 430 g/mol. The Morgan fingerprint density at radius 1 is 1.32 bits per heavy atom. The minimum absolute atomic E-state index is 0.0164. The molecule has 2 amide bonds. The van der Waals surface area contributed by atoms with E-state index < -0.39 is 0 Å². The molecule has 2 atom stereocenters. The van der Waals surface area contributed by atoms with Crippen molar-refractivity contribution in [3.63, 3.8) is 0 Å². The predicted octanol–water partition coefficient (Wildman–Crippen LogP) is 1.81. The first kappa shape index (κ1) is 22.7. The standard InChI is InChI=1S/C22H31N5O4/c1-15-9-19(26-31-15)13-25-22(29)17-5-4-6-18(14-27(2)21(28)10-17)23-11-16-7-8-20(30-3)24-12-16/h7-9,12,17-18,23H,4-6,10-11,13-14H2,1-3H3,(H,25,29)/t17-,18-/m1/s1. The van der Waals surface area contributed by atoms with Crippen molar-refractivity contribution in [3.8, 4) is 5.88 Å². The smallest absolute Gasteiger partial charge is 0.223 e. The second-order valence-corrected chi connectivity index (χ2v) is 8.04. The zero-order valence-corrected chi connectivity index (χ0v) is 18.4. The minimum Gasteiger partial charge on any atom is -0.481 e. The Bertz CT molecular complexity index is 867. The molecule has 9 nitrogen and oxygen atoms in total. The number of amides is 2. The third-order valence-corrected chi connectivity index (χ3v) is 5.54. The van der Waals surface area contributed by atoms with Crippen molar-refractivity contribution in [2.24, 2.45) is 5.92 Å². The van der Waals surface area contributed by atoms with Gasteiger partial charge < -0.3 is 24.8 Å². The third-order valence-electron chi connectivity index (χ3n) is 5.54.